The molecule has 0 aromatic carbocycles. The second-order valence-corrected chi connectivity index (χ2v) is 4.45. The van der Waals surface area contributed by atoms with Gasteiger partial charge in [-0.05, 0) is 12.8 Å². The van der Waals surface area contributed by atoms with Crippen molar-refractivity contribution in [2.75, 3.05) is 6.61 Å². The predicted octanol–water partition coefficient (Wildman–Crippen LogP) is 3.55. The van der Waals surface area contributed by atoms with Crippen LogP contribution in [-0.2, 0) is 9.53 Å². The van der Waals surface area contributed by atoms with Gasteiger partial charge in [-0.3, -0.25) is 4.79 Å². The molecule has 0 aliphatic carbocycles. The maximum absolute atomic E-state index is 11.2. The Hall–Kier alpha value is 0.730. The Bertz CT molecular complexity index is 160. The third kappa shape index (κ3) is 16.7. The molecule has 0 aromatic heterocycles. The molecule has 0 radical (unpaired) electrons. The number of hydrogen-bond donors (Lipinski definition) is 0. The fourth-order valence-corrected chi connectivity index (χ4v) is 1.66. The zero-order valence-corrected chi connectivity index (χ0v) is 11.1. The fraction of sp³-hybridized carbons (Fsp3) is 0.929. The standard InChI is InChI=1S/C14H28O2.Ca.2H/c1-3-5-7-8-9-11-13-16-14(15)12-10-6-4-2;;;/h3-13H2,1-2H3;;;. The summed E-state index contributed by atoms with van der Waals surface area (Å²) in [5, 5.41) is 0. The molecule has 0 unspecified atom stereocenters. The van der Waals surface area contributed by atoms with Crippen molar-refractivity contribution in [3.8, 4) is 0 Å². The quantitative estimate of drug-likeness (QED) is 0.326. The van der Waals surface area contributed by atoms with Crippen LogP contribution in [0.1, 0.15) is 78.1 Å². The van der Waals surface area contributed by atoms with Gasteiger partial charge in [0.05, 0.1) is 6.61 Å². The van der Waals surface area contributed by atoms with E-state index in [4.69, 9.17) is 4.74 Å². The van der Waals surface area contributed by atoms with Crippen LogP contribution in [0, 0.1) is 0 Å². The molecule has 0 aromatic rings. The summed E-state index contributed by atoms with van der Waals surface area (Å²) < 4.78 is 5.16. The summed E-state index contributed by atoms with van der Waals surface area (Å²) in [5.74, 6) is -0.0120. The molecule has 0 rings (SSSR count). The van der Waals surface area contributed by atoms with E-state index in [2.05, 4.69) is 13.8 Å². The molecule has 0 heterocycles. The third-order valence-electron chi connectivity index (χ3n) is 2.75. The fourth-order valence-electron chi connectivity index (χ4n) is 1.66. The molecule has 3 heteroatoms. The SMILES string of the molecule is CCCCCCCCOC(=O)CCCCC.[CaH2]. The Morgan fingerprint density at radius 1 is 0.824 bits per heavy atom. The van der Waals surface area contributed by atoms with Gasteiger partial charge in [-0.2, -0.15) is 0 Å². The van der Waals surface area contributed by atoms with Crippen LogP contribution in [0.15, 0.2) is 0 Å². The van der Waals surface area contributed by atoms with Crippen LogP contribution in [0.25, 0.3) is 0 Å². The molecule has 0 amide bonds. The second-order valence-electron chi connectivity index (χ2n) is 4.45. The normalized spacial score (nSPS) is 9.76. The van der Waals surface area contributed by atoms with Gasteiger partial charge in [0.2, 0.25) is 0 Å². The van der Waals surface area contributed by atoms with Crippen molar-refractivity contribution < 1.29 is 9.53 Å². The maximum atomic E-state index is 11.2. The van der Waals surface area contributed by atoms with Crippen molar-refractivity contribution in [2.24, 2.45) is 0 Å². The summed E-state index contributed by atoms with van der Waals surface area (Å²) in [6, 6.07) is 0. The number of esters is 1. The number of hydrogen-bond acceptors (Lipinski definition) is 2. The molecule has 0 N–H and O–H groups in total. The van der Waals surface area contributed by atoms with Crippen molar-refractivity contribution in [1.82, 2.24) is 0 Å². The number of carbonyl (C=O) groups excluding carboxylic acids is 1. The van der Waals surface area contributed by atoms with Gasteiger partial charge in [0.25, 0.3) is 0 Å². The Morgan fingerprint density at radius 3 is 2.00 bits per heavy atom. The molecule has 0 saturated carbocycles. The van der Waals surface area contributed by atoms with E-state index >= 15 is 0 Å². The van der Waals surface area contributed by atoms with Crippen molar-refractivity contribution >= 4 is 43.7 Å². The Balaban J connectivity index is 0. The van der Waals surface area contributed by atoms with Crippen molar-refractivity contribution in [1.29, 1.82) is 0 Å². The molecule has 0 bridgehead atoms. The van der Waals surface area contributed by atoms with Gasteiger partial charge in [-0.25, -0.2) is 0 Å². The van der Waals surface area contributed by atoms with Gasteiger partial charge in [0.15, 0.2) is 0 Å². The zero-order valence-electron chi connectivity index (χ0n) is 11.1. The molecule has 100 valence electrons. The summed E-state index contributed by atoms with van der Waals surface area (Å²) in [7, 11) is 0. The molecule has 17 heavy (non-hydrogen) atoms. The first-order valence-electron chi connectivity index (χ1n) is 6.96. The average Bonchev–Trinajstić information content (AvgIpc) is 2.28. The van der Waals surface area contributed by atoms with Crippen LogP contribution in [0.4, 0.5) is 0 Å². The van der Waals surface area contributed by atoms with E-state index in [1.54, 1.807) is 0 Å². The predicted molar refractivity (Wildman–Crippen MR) is 77.0 cm³/mol. The van der Waals surface area contributed by atoms with Gasteiger partial charge in [0, 0.05) is 6.42 Å². The molecular weight excluding hydrogens is 240 g/mol. The van der Waals surface area contributed by atoms with Crippen molar-refractivity contribution in [3.63, 3.8) is 0 Å². The van der Waals surface area contributed by atoms with E-state index in [9.17, 15) is 4.79 Å². The van der Waals surface area contributed by atoms with E-state index in [0.717, 1.165) is 25.7 Å². The van der Waals surface area contributed by atoms with E-state index in [1.165, 1.54) is 32.1 Å². The van der Waals surface area contributed by atoms with Crippen LogP contribution >= 0.6 is 0 Å². The van der Waals surface area contributed by atoms with E-state index < -0.39 is 0 Å². The monoisotopic (exact) mass is 270 g/mol. The van der Waals surface area contributed by atoms with Crippen LogP contribution in [-0.4, -0.2) is 50.3 Å². The van der Waals surface area contributed by atoms with Crippen LogP contribution in [0.5, 0.6) is 0 Å². The first-order chi connectivity index (χ1) is 7.81. The van der Waals surface area contributed by atoms with Crippen LogP contribution in [0.2, 0.25) is 0 Å². The zero-order chi connectivity index (χ0) is 12.1. The summed E-state index contributed by atoms with van der Waals surface area (Å²) in [6.45, 7) is 4.98. The molecule has 2 nitrogen and oxygen atoms in total. The van der Waals surface area contributed by atoms with E-state index in [0.29, 0.717) is 13.0 Å². The van der Waals surface area contributed by atoms with Crippen molar-refractivity contribution in [2.45, 2.75) is 78.1 Å². The summed E-state index contributed by atoms with van der Waals surface area (Å²) in [6.07, 6.45) is 11.3. The number of carbonyl (C=O) groups is 1. The molecule has 0 atom stereocenters. The van der Waals surface area contributed by atoms with E-state index in [1.807, 2.05) is 0 Å². The van der Waals surface area contributed by atoms with Crippen LogP contribution < -0.4 is 0 Å². The first kappa shape index (κ1) is 20.1. The van der Waals surface area contributed by atoms with Gasteiger partial charge in [-0.15, -0.1) is 0 Å². The Morgan fingerprint density at radius 2 is 1.35 bits per heavy atom. The number of unbranched alkanes of at least 4 members (excludes halogenated alkanes) is 7. The van der Waals surface area contributed by atoms with Crippen molar-refractivity contribution in [3.05, 3.63) is 0 Å². The number of rotatable bonds is 11. The minimum absolute atomic E-state index is 0. The van der Waals surface area contributed by atoms with Gasteiger partial charge >= 0.3 is 43.7 Å². The molecular formula is C14H30CaO2. The van der Waals surface area contributed by atoms with E-state index in [-0.39, 0.29) is 43.7 Å². The van der Waals surface area contributed by atoms with Gasteiger partial charge in [-0.1, -0.05) is 58.8 Å². The second kappa shape index (κ2) is 16.7. The van der Waals surface area contributed by atoms with Gasteiger partial charge in [0.1, 0.15) is 0 Å². The minimum atomic E-state index is -0.0120. The average molecular weight is 270 g/mol. The summed E-state index contributed by atoms with van der Waals surface area (Å²) in [5.41, 5.74) is 0. The molecule has 0 aliphatic rings. The topological polar surface area (TPSA) is 26.3 Å². The molecule has 0 aliphatic heterocycles. The van der Waals surface area contributed by atoms with Gasteiger partial charge < -0.3 is 4.74 Å². The molecule has 0 spiro atoms. The molecule has 0 fully saturated rings. The molecule has 0 saturated heterocycles. The summed E-state index contributed by atoms with van der Waals surface area (Å²) in [4.78, 5) is 11.2. The Kier molecular flexibility index (Phi) is 19.7. The number of ether oxygens (including phenoxy) is 1. The third-order valence-corrected chi connectivity index (χ3v) is 2.75. The first-order valence-corrected chi connectivity index (χ1v) is 6.96. The Labute approximate surface area is 137 Å². The summed E-state index contributed by atoms with van der Waals surface area (Å²) >= 11 is 0. The van der Waals surface area contributed by atoms with Crippen LogP contribution in [0.3, 0.4) is 0 Å².